The minimum absolute atomic E-state index is 0.106. The molecule has 6 rings (SSSR count). The number of aromatic nitrogens is 1. The maximum Gasteiger partial charge on any atom is 0.232 e. The van der Waals surface area contributed by atoms with Gasteiger partial charge in [0.2, 0.25) is 5.78 Å². The number of rotatable bonds is 5. The van der Waals surface area contributed by atoms with Gasteiger partial charge in [0.05, 0.1) is 18.2 Å². The summed E-state index contributed by atoms with van der Waals surface area (Å²) in [5, 5.41) is 1.72. The van der Waals surface area contributed by atoms with E-state index >= 15 is 0 Å². The number of carbonyl (C=O) groups is 1. The molecule has 3 heterocycles. The zero-order valence-corrected chi connectivity index (χ0v) is 21.8. The molecule has 3 aromatic carbocycles. The van der Waals surface area contributed by atoms with Crippen molar-refractivity contribution in [3.63, 3.8) is 0 Å². The smallest absolute Gasteiger partial charge is 0.232 e. The van der Waals surface area contributed by atoms with Crippen molar-refractivity contribution < 1.29 is 19.0 Å². The predicted octanol–water partition coefficient (Wildman–Crippen LogP) is 6.60. The molecule has 0 unspecified atom stereocenters. The standard InChI is InChI=1S/C30H27ClN2O4/c1-4-33-15-20(23-13-22(35-3)9-10-25(23)33)12-27-29(34)28-18(2)11-26-24(30(28)37-27)16-32(17-36-26)14-19-5-7-21(31)8-6-19/h5-13,15H,4,14,16-17H2,1-3H3/b27-12-. The highest BCUT2D eigenvalue weighted by molar-refractivity contribution is 6.30. The molecule has 0 aliphatic carbocycles. The molecule has 2 aliphatic heterocycles. The van der Waals surface area contributed by atoms with Gasteiger partial charge in [-0.1, -0.05) is 23.7 Å². The Bertz CT molecular complexity index is 1570. The maximum absolute atomic E-state index is 13.6. The van der Waals surface area contributed by atoms with Gasteiger partial charge in [-0.3, -0.25) is 9.69 Å². The molecule has 0 amide bonds. The van der Waals surface area contributed by atoms with Gasteiger partial charge >= 0.3 is 0 Å². The lowest BCUT2D eigenvalue weighted by molar-refractivity contribution is 0.0872. The van der Waals surface area contributed by atoms with Crippen LogP contribution in [-0.4, -0.2) is 29.1 Å². The van der Waals surface area contributed by atoms with Crippen LogP contribution in [0.2, 0.25) is 5.02 Å². The van der Waals surface area contributed by atoms with Crippen LogP contribution in [0.4, 0.5) is 0 Å². The second-order valence-corrected chi connectivity index (χ2v) is 9.89. The molecule has 2 aliphatic rings. The Morgan fingerprint density at radius 3 is 2.70 bits per heavy atom. The SMILES string of the molecule is CCn1cc(/C=C2\Oc3c4c(cc(C)c3C2=O)OCN(Cc2ccc(Cl)cc2)C4)c2cc(OC)ccc21. The third kappa shape index (κ3) is 4.16. The van der Waals surface area contributed by atoms with Crippen molar-refractivity contribution in [3.8, 4) is 17.2 Å². The van der Waals surface area contributed by atoms with Crippen LogP contribution in [0.15, 0.2) is 60.5 Å². The van der Waals surface area contributed by atoms with Crippen LogP contribution in [-0.2, 0) is 19.6 Å². The van der Waals surface area contributed by atoms with Crippen molar-refractivity contribution in [1.82, 2.24) is 9.47 Å². The molecule has 0 N–H and O–H groups in total. The highest BCUT2D eigenvalue weighted by Crippen LogP contribution is 2.44. The van der Waals surface area contributed by atoms with Gasteiger partial charge in [-0.2, -0.15) is 0 Å². The molecule has 6 nitrogen and oxygen atoms in total. The molecule has 7 heteroatoms. The zero-order valence-electron chi connectivity index (χ0n) is 21.0. The van der Waals surface area contributed by atoms with E-state index in [1.165, 1.54) is 0 Å². The number of hydrogen-bond acceptors (Lipinski definition) is 5. The third-order valence-corrected chi connectivity index (χ3v) is 7.31. The Kier molecular flexibility index (Phi) is 5.94. The van der Waals surface area contributed by atoms with Gasteiger partial charge in [0.25, 0.3) is 0 Å². The lowest BCUT2D eigenvalue weighted by Gasteiger charge is -2.30. The Morgan fingerprint density at radius 2 is 1.95 bits per heavy atom. The number of aryl methyl sites for hydroxylation is 2. The molecule has 0 saturated heterocycles. The number of halogens is 1. The fourth-order valence-electron chi connectivity index (χ4n) is 5.17. The van der Waals surface area contributed by atoms with Crippen molar-refractivity contribution in [2.75, 3.05) is 13.8 Å². The number of benzene rings is 3. The fraction of sp³-hybridized carbons (Fsp3) is 0.233. The summed E-state index contributed by atoms with van der Waals surface area (Å²) in [4.78, 5) is 15.7. The van der Waals surface area contributed by atoms with Crippen LogP contribution in [0, 0.1) is 6.92 Å². The number of hydrogen-bond donors (Lipinski definition) is 0. The average Bonchev–Trinajstić information content (AvgIpc) is 3.43. The molecular formula is C30H27ClN2O4. The van der Waals surface area contributed by atoms with Gasteiger partial charge in [-0.15, -0.1) is 0 Å². The maximum atomic E-state index is 13.6. The molecule has 4 aromatic rings. The van der Waals surface area contributed by atoms with Gasteiger partial charge in [0, 0.05) is 47.3 Å². The quantitative estimate of drug-likeness (QED) is 0.281. The highest BCUT2D eigenvalue weighted by Gasteiger charge is 2.35. The van der Waals surface area contributed by atoms with E-state index in [4.69, 9.17) is 25.8 Å². The van der Waals surface area contributed by atoms with E-state index in [0.29, 0.717) is 41.9 Å². The van der Waals surface area contributed by atoms with Crippen LogP contribution in [0.3, 0.4) is 0 Å². The summed E-state index contributed by atoms with van der Waals surface area (Å²) in [5.74, 6) is 2.35. The monoisotopic (exact) mass is 514 g/mol. The number of ether oxygens (including phenoxy) is 3. The van der Waals surface area contributed by atoms with E-state index in [1.54, 1.807) is 7.11 Å². The Balaban J connectivity index is 1.35. The Labute approximate surface area is 220 Å². The molecule has 37 heavy (non-hydrogen) atoms. The van der Waals surface area contributed by atoms with Gasteiger partial charge < -0.3 is 18.8 Å². The highest BCUT2D eigenvalue weighted by atomic mass is 35.5. The van der Waals surface area contributed by atoms with Crippen LogP contribution < -0.4 is 14.2 Å². The number of carbonyl (C=O) groups excluding carboxylic acids is 1. The lowest BCUT2D eigenvalue weighted by atomic mass is 9.98. The summed E-state index contributed by atoms with van der Waals surface area (Å²) in [7, 11) is 1.65. The summed E-state index contributed by atoms with van der Waals surface area (Å²) >= 11 is 6.04. The number of Topliss-reactive ketones (excluding diaryl/α,β-unsaturated/α-hetero) is 1. The van der Waals surface area contributed by atoms with Crippen molar-refractivity contribution in [3.05, 3.63) is 93.3 Å². The number of nitrogens with zero attached hydrogens (tertiary/aromatic N) is 2. The van der Waals surface area contributed by atoms with E-state index in [0.717, 1.165) is 51.2 Å². The van der Waals surface area contributed by atoms with E-state index in [9.17, 15) is 4.79 Å². The van der Waals surface area contributed by atoms with Crippen LogP contribution in [0.5, 0.6) is 17.2 Å². The first-order valence-corrected chi connectivity index (χ1v) is 12.7. The largest absolute Gasteiger partial charge is 0.497 e. The topological polar surface area (TPSA) is 52.9 Å². The fourth-order valence-corrected chi connectivity index (χ4v) is 5.30. The first kappa shape index (κ1) is 23.6. The molecule has 0 bridgehead atoms. The van der Waals surface area contributed by atoms with E-state index < -0.39 is 0 Å². The minimum Gasteiger partial charge on any atom is -0.497 e. The summed E-state index contributed by atoms with van der Waals surface area (Å²) in [6.45, 7) is 6.62. The van der Waals surface area contributed by atoms with Crippen LogP contribution in [0.25, 0.3) is 17.0 Å². The molecule has 188 valence electrons. The third-order valence-electron chi connectivity index (χ3n) is 7.05. The van der Waals surface area contributed by atoms with Gasteiger partial charge in [-0.05, 0) is 67.4 Å². The van der Waals surface area contributed by atoms with Gasteiger partial charge in [0.1, 0.15) is 24.0 Å². The van der Waals surface area contributed by atoms with E-state index in [1.807, 2.05) is 61.5 Å². The molecule has 0 fully saturated rings. The van der Waals surface area contributed by atoms with Crippen LogP contribution >= 0.6 is 11.6 Å². The van der Waals surface area contributed by atoms with E-state index in [-0.39, 0.29) is 5.78 Å². The Hall–Kier alpha value is -3.74. The van der Waals surface area contributed by atoms with Crippen molar-refractivity contribution >= 4 is 34.4 Å². The summed E-state index contributed by atoms with van der Waals surface area (Å²) in [6.07, 6.45) is 3.90. The number of ketones is 1. The van der Waals surface area contributed by atoms with E-state index in [2.05, 4.69) is 22.6 Å². The second kappa shape index (κ2) is 9.29. The van der Waals surface area contributed by atoms with Crippen molar-refractivity contribution in [2.45, 2.75) is 33.5 Å². The number of methoxy groups -OCH3 is 1. The summed E-state index contributed by atoms with van der Waals surface area (Å²) in [5.41, 5.74) is 5.50. The number of fused-ring (bicyclic) bond motifs is 4. The molecular weight excluding hydrogens is 488 g/mol. The van der Waals surface area contributed by atoms with Crippen LogP contribution in [0.1, 0.15) is 39.5 Å². The van der Waals surface area contributed by atoms with Crippen molar-refractivity contribution in [1.29, 1.82) is 0 Å². The molecule has 0 atom stereocenters. The summed E-state index contributed by atoms with van der Waals surface area (Å²) < 4.78 is 20.0. The second-order valence-electron chi connectivity index (χ2n) is 9.45. The first-order chi connectivity index (χ1) is 17.9. The zero-order chi connectivity index (χ0) is 25.7. The average molecular weight is 515 g/mol. The normalized spacial score (nSPS) is 16.0. The predicted molar refractivity (Wildman–Crippen MR) is 144 cm³/mol. The Morgan fingerprint density at radius 1 is 1.14 bits per heavy atom. The minimum atomic E-state index is -0.106. The molecule has 0 saturated carbocycles. The molecule has 0 spiro atoms. The lowest BCUT2D eigenvalue weighted by Crippen LogP contribution is -2.31. The first-order valence-electron chi connectivity index (χ1n) is 12.3. The van der Waals surface area contributed by atoms with Gasteiger partial charge in [-0.25, -0.2) is 0 Å². The molecule has 0 radical (unpaired) electrons. The van der Waals surface area contributed by atoms with Crippen molar-refractivity contribution in [2.24, 2.45) is 0 Å². The molecule has 1 aromatic heterocycles. The van der Waals surface area contributed by atoms with Gasteiger partial charge in [0.15, 0.2) is 5.76 Å². The number of allylic oxidation sites excluding steroid dienone is 1. The summed E-state index contributed by atoms with van der Waals surface area (Å²) in [6, 6.07) is 15.7.